The smallest absolute Gasteiger partial charge is 0.414 e. The summed E-state index contributed by atoms with van der Waals surface area (Å²) in [6.07, 6.45) is -1.88. The highest BCUT2D eigenvalue weighted by atomic mass is 19.1. The van der Waals surface area contributed by atoms with Crippen LogP contribution >= 0.6 is 0 Å². The maximum atomic E-state index is 13.7. The zero-order valence-electron chi connectivity index (χ0n) is 11.5. The van der Waals surface area contributed by atoms with Crippen LogP contribution in [0.2, 0.25) is 0 Å². The molecule has 0 aromatic heterocycles. The van der Waals surface area contributed by atoms with Crippen LogP contribution in [0.1, 0.15) is 0 Å². The molecule has 2 amide bonds. The van der Waals surface area contributed by atoms with Gasteiger partial charge in [0.05, 0.1) is 31.6 Å². The van der Waals surface area contributed by atoms with E-state index in [0.29, 0.717) is 0 Å². The standard InChI is InChI=1S/C12H12FN5O4/c1-21-11(19)15-5-8-6-18(12(20)22-8)7-2-3-10(16-17-14)9(13)4-7/h2-4,8H,5-6H2,1H3,(H,15,19). The molecule has 1 unspecified atom stereocenters. The van der Waals surface area contributed by atoms with E-state index in [1.54, 1.807) is 0 Å². The molecule has 0 saturated carbocycles. The minimum atomic E-state index is -0.751. The summed E-state index contributed by atoms with van der Waals surface area (Å²) in [6, 6.07) is 3.77. The van der Waals surface area contributed by atoms with Crippen LogP contribution in [0.5, 0.6) is 0 Å². The van der Waals surface area contributed by atoms with Crippen molar-refractivity contribution in [2.45, 2.75) is 6.10 Å². The number of methoxy groups -OCH3 is 1. The number of carbonyl (C=O) groups is 2. The van der Waals surface area contributed by atoms with Gasteiger partial charge in [0.1, 0.15) is 11.9 Å². The molecule has 22 heavy (non-hydrogen) atoms. The number of benzene rings is 1. The van der Waals surface area contributed by atoms with Crippen molar-refractivity contribution in [2.75, 3.05) is 25.1 Å². The number of alkyl carbamates (subject to hydrolysis) is 1. The van der Waals surface area contributed by atoms with Gasteiger partial charge in [0, 0.05) is 4.91 Å². The van der Waals surface area contributed by atoms with Crippen molar-refractivity contribution in [3.8, 4) is 0 Å². The van der Waals surface area contributed by atoms with Gasteiger partial charge in [-0.2, -0.15) is 0 Å². The number of anilines is 1. The van der Waals surface area contributed by atoms with Crippen LogP contribution in [-0.4, -0.2) is 38.5 Å². The fraction of sp³-hybridized carbons (Fsp3) is 0.333. The second-order valence-corrected chi connectivity index (χ2v) is 4.31. The summed E-state index contributed by atoms with van der Waals surface area (Å²) in [6.45, 7) is 0.220. The number of hydrogen-bond donors (Lipinski definition) is 1. The largest absolute Gasteiger partial charge is 0.453 e. The second-order valence-electron chi connectivity index (χ2n) is 4.31. The molecule has 1 aliphatic heterocycles. The quantitative estimate of drug-likeness (QED) is 0.522. The van der Waals surface area contributed by atoms with E-state index < -0.39 is 24.1 Å². The average Bonchev–Trinajstić information content (AvgIpc) is 2.88. The molecule has 116 valence electrons. The third kappa shape index (κ3) is 3.36. The van der Waals surface area contributed by atoms with Crippen LogP contribution in [0.3, 0.4) is 0 Å². The van der Waals surface area contributed by atoms with Crippen molar-refractivity contribution in [1.29, 1.82) is 0 Å². The summed E-state index contributed by atoms with van der Waals surface area (Å²) in [5.74, 6) is -0.751. The molecule has 1 atom stereocenters. The van der Waals surface area contributed by atoms with E-state index >= 15 is 0 Å². The molecule has 0 radical (unpaired) electrons. The van der Waals surface area contributed by atoms with Gasteiger partial charge in [-0.3, -0.25) is 4.90 Å². The van der Waals surface area contributed by atoms with Crippen molar-refractivity contribution >= 4 is 23.6 Å². The molecule has 9 nitrogen and oxygen atoms in total. The molecule has 0 aliphatic carbocycles. The summed E-state index contributed by atoms with van der Waals surface area (Å²) < 4.78 is 23.2. The number of hydrogen-bond acceptors (Lipinski definition) is 5. The maximum Gasteiger partial charge on any atom is 0.414 e. The minimum Gasteiger partial charge on any atom is -0.453 e. The SMILES string of the molecule is COC(=O)NCC1CN(c2ccc(N=[N+]=[N-])c(F)c2)C(=O)O1. The highest BCUT2D eigenvalue weighted by Gasteiger charge is 2.32. The zero-order valence-corrected chi connectivity index (χ0v) is 11.5. The van der Waals surface area contributed by atoms with Gasteiger partial charge in [-0.15, -0.1) is 0 Å². The second kappa shape index (κ2) is 6.64. The number of ether oxygens (including phenoxy) is 2. The third-order valence-electron chi connectivity index (χ3n) is 2.93. The molecule has 1 aromatic rings. The fourth-order valence-electron chi connectivity index (χ4n) is 1.90. The number of amides is 2. The Balaban J connectivity index is 2.06. The van der Waals surface area contributed by atoms with Crippen LogP contribution < -0.4 is 10.2 Å². The lowest BCUT2D eigenvalue weighted by Gasteiger charge is -2.13. The molecule has 1 saturated heterocycles. The number of nitrogens with one attached hydrogen (secondary N) is 1. The van der Waals surface area contributed by atoms with Gasteiger partial charge in [-0.05, 0) is 23.7 Å². The van der Waals surface area contributed by atoms with E-state index in [4.69, 9.17) is 10.3 Å². The Hall–Kier alpha value is -3.00. The predicted molar refractivity (Wildman–Crippen MR) is 73.2 cm³/mol. The molecule has 10 heteroatoms. The lowest BCUT2D eigenvalue weighted by molar-refractivity contribution is 0.132. The molecular formula is C12H12FN5O4. The first-order valence-corrected chi connectivity index (χ1v) is 6.19. The van der Waals surface area contributed by atoms with E-state index in [-0.39, 0.29) is 24.5 Å². The average molecular weight is 309 g/mol. The Bertz CT molecular complexity index is 646. The highest BCUT2D eigenvalue weighted by Crippen LogP contribution is 2.27. The van der Waals surface area contributed by atoms with Crippen molar-refractivity contribution in [2.24, 2.45) is 5.11 Å². The van der Waals surface area contributed by atoms with Gasteiger partial charge < -0.3 is 14.8 Å². The monoisotopic (exact) mass is 309 g/mol. The van der Waals surface area contributed by atoms with E-state index in [9.17, 15) is 14.0 Å². The van der Waals surface area contributed by atoms with Crippen molar-refractivity contribution in [3.05, 3.63) is 34.5 Å². The molecule has 1 heterocycles. The van der Waals surface area contributed by atoms with Crippen LogP contribution in [0, 0.1) is 5.82 Å². The number of halogens is 1. The number of cyclic esters (lactones) is 1. The molecular weight excluding hydrogens is 297 g/mol. The Morgan fingerprint density at radius 1 is 1.68 bits per heavy atom. The summed E-state index contributed by atoms with van der Waals surface area (Å²) in [5.41, 5.74) is 8.39. The first-order valence-electron chi connectivity index (χ1n) is 6.19. The van der Waals surface area contributed by atoms with Gasteiger partial charge >= 0.3 is 12.2 Å². The molecule has 0 spiro atoms. The van der Waals surface area contributed by atoms with Crippen LogP contribution in [0.25, 0.3) is 10.4 Å². The Labute approximate surface area is 124 Å². The molecule has 0 bridgehead atoms. The van der Waals surface area contributed by atoms with Gasteiger partial charge in [-0.1, -0.05) is 5.11 Å². The Morgan fingerprint density at radius 3 is 3.09 bits per heavy atom. The predicted octanol–water partition coefficient (Wildman–Crippen LogP) is 2.45. The van der Waals surface area contributed by atoms with E-state index in [1.807, 2.05) is 0 Å². The van der Waals surface area contributed by atoms with Crippen LogP contribution in [-0.2, 0) is 9.47 Å². The summed E-state index contributed by atoms with van der Waals surface area (Å²) in [7, 11) is 1.22. The minimum absolute atomic E-state index is 0.0776. The molecule has 1 aliphatic rings. The molecule has 2 rings (SSSR count). The molecule has 1 fully saturated rings. The van der Waals surface area contributed by atoms with Crippen LogP contribution in [0.15, 0.2) is 23.3 Å². The van der Waals surface area contributed by atoms with Gasteiger partial charge in [0.15, 0.2) is 0 Å². The van der Waals surface area contributed by atoms with E-state index in [1.165, 1.54) is 24.1 Å². The van der Waals surface area contributed by atoms with Crippen molar-refractivity contribution in [3.63, 3.8) is 0 Å². The maximum absolute atomic E-state index is 13.7. The Kier molecular flexibility index (Phi) is 4.64. The zero-order chi connectivity index (χ0) is 16.1. The lowest BCUT2D eigenvalue weighted by Crippen LogP contribution is -2.34. The first-order chi connectivity index (χ1) is 10.5. The van der Waals surface area contributed by atoms with Gasteiger partial charge in [-0.25, -0.2) is 14.0 Å². The topological polar surface area (TPSA) is 117 Å². The number of carbonyl (C=O) groups excluding carboxylic acids is 2. The lowest BCUT2D eigenvalue weighted by atomic mass is 10.2. The number of azide groups is 1. The normalized spacial score (nSPS) is 16.7. The molecule has 1 aromatic carbocycles. The van der Waals surface area contributed by atoms with Crippen LogP contribution in [0.4, 0.5) is 25.4 Å². The van der Waals surface area contributed by atoms with Crippen molar-refractivity contribution < 1.29 is 23.5 Å². The van der Waals surface area contributed by atoms with Crippen molar-refractivity contribution in [1.82, 2.24) is 5.32 Å². The summed E-state index contributed by atoms with van der Waals surface area (Å²) in [4.78, 5) is 26.5. The van der Waals surface area contributed by atoms with E-state index in [0.717, 1.165) is 6.07 Å². The first kappa shape index (κ1) is 15.4. The molecule has 1 N–H and O–H groups in total. The third-order valence-corrected chi connectivity index (χ3v) is 2.93. The Morgan fingerprint density at radius 2 is 2.45 bits per heavy atom. The summed E-state index contributed by atoms with van der Waals surface area (Å²) >= 11 is 0. The van der Waals surface area contributed by atoms with Gasteiger partial charge in [0.2, 0.25) is 0 Å². The summed E-state index contributed by atoms with van der Waals surface area (Å²) in [5, 5.41) is 5.59. The number of nitrogens with zero attached hydrogens (tertiary/aromatic N) is 4. The van der Waals surface area contributed by atoms with Gasteiger partial charge in [0.25, 0.3) is 0 Å². The number of rotatable bonds is 4. The highest BCUT2D eigenvalue weighted by molar-refractivity contribution is 5.90. The fourth-order valence-corrected chi connectivity index (χ4v) is 1.90. The van der Waals surface area contributed by atoms with E-state index in [2.05, 4.69) is 20.1 Å².